The number of rotatable bonds is 6. The van der Waals surface area contributed by atoms with Crippen LogP contribution in [0.25, 0.3) is 10.2 Å². The van der Waals surface area contributed by atoms with Gasteiger partial charge in [-0.25, -0.2) is 9.78 Å². The van der Waals surface area contributed by atoms with Crippen molar-refractivity contribution < 1.29 is 24.5 Å². The largest absolute Gasteiger partial charge is 0.465 e. The highest BCUT2D eigenvalue weighted by Gasteiger charge is 2.45. The Labute approximate surface area is 155 Å². The number of benzene rings is 1. The van der Waals surface area contributed by atoms with Gasteiger partial charge in [0.05, 0.1) is 16.8 Å². The number of thiazole rings is 1. The van der Waals surface area contributed by atoms with Crippen molar-refractivity contribution in [2.24, 2.45) is 5.41 Å². The number of fused-ring (bicyclic) bond motifs is 1. The molecule has 1 aromatic heterocycles. The topological polar surface area (TPSA) is 92.1 Å². The van der Waals surface area contributed by atoms with Gasteiger partial charge in [-0.15, -0.1) is 11.3 Å². The molecule has 1 aromatic carbocycles. The summed E-state index contributed by atoms with van der Waals surface area (Å²) in [4.78, 5) is 17.8. The first-order valence-electron chi connectivity index (χ1n) is 8.73. The molecular weight excluding hydrogens is 356 g/mol. The minimum absolute atomic E-state index is 0.0607. The van der Waals surface area contributed by atoms with Crippen LogP contribution in [0.15, 0.2) is 18.2 Å². The Balaban J connectivity index is 1.59. The Morgan fingerprint density at radius 2 is 2.27 bits per heavy atom. The van der Waals surface area contributed by atoms with E-state index in [9.17, 15) is 15.0 Å². The van der Waals surface area contributed by atoms with Crippen molar-refractivity contribution in [2.45, 2.75) is 38.1 Å². The van der Waals surface area contributed by atoms with Crippen LogP contribution in [-0.4, -0.2) is 47.8 Å². The summed E-state index contributed by atoms with van der Waals surface area (Å²) in [6.07, 6.45) is 1.46. The summed E-state index contributed by atoms with van der Waals surface area (Å²) >= 11 is 1.49. The molecule has 0 radical (unpaired) electrons. The average Bonchev–Trinajstić information content (AvgIpc) is 3.03. The summed E-state index contributed by atoms with van der Waals surface area (Å²) in [5, 5.41) is 20.1. The van der Waals surface area contributed by atoms with Gasteiger partial charge >= 0.3 is 6.09 Å². The van der Waals surface area contributed by atoms with E-state index in [2.05, 4.69) is 4.98 Å². The third kappa shape index (κ3) is 3.42. The highest BCUT2D eigenvalue weighted by atomic mass is 32.1. The molecule has 7 nitrogen and oxygen atoms in total. The summed E-state index contributed by atoms with van der Waals surface area (Å²) < 4.78 is 11.7. The Morgan fingerprint density at radius 3 is 2.88 bits per heavy atom. The van der Waals surface area contributed by atoms with Gasteiger partial charge in [0.15, 0.2) is 6.29 Å². The highest BCUT2D eigenvalue weighted by Crippen LogP contribution is 2.47. The summed E-state index contributed by atoms with van der Waals surface area (Å²) in [7, 11) is 1.65. The maximum absolute atomic E-state index is 11.8. The first kappa shape index (κ1) is 17.7. The molecule has 2 fully saturated rings. The summed E-state index contributed by atoms with van der Waals surface area (Å²) in [5.74, 6) is 0. The Bertz CT molecular complexity index is 819. The van der Waals surface area contributed by atoms with Crippen molar-refractivity contribution in [1.82, 2.24) is 4.98 Å². The fourth-order valence-corrected chi connectivity index (χ4v) is 4.55. The maximum atomic E-state index is 11.8. The minimum atomic E-state index is -0.960. The van der Waals surface area contributed by atoms with E-state index in [0.29, 0.717) is 25.3 Å². The zero-order valence-electron chi connectivity index (χ0n) is 14.6. The van der Waals surface area contributed by atoms with Gasteiger partial charge in [-0.2, -0.15) is 0 Å². The molecule has 0 spiro atoms. The number of carbonyl (C=O) groups is 1. The van der Waals surface area contributed by atoms with Crippen molar-refractivity contribution in [3.63, 3.8) is 0 Å². The van der Waals surface area contributed by atoms with E-state index < -0.39 is 12.4 Å². The molecule has 8 heteroatoms. The van der Waals surface area contributed by atoms with Gasteiger partial charge < -0.3 is 19.7 Å². The number of carboxylic acid groups (broad SMARTS) is 1. The van der Waals surface area contributed by atoms with Crippen LogP contribution in [0.4, 0.5) is 10.5 Å². The van der Waals surface area contributed by atoms with E-state index in [1.807, 2.05) is 12.1 Å². The molecular formula is C18H22N2O5S. The molecule has 2 heterocycles. The van der Waals surface area contributed by atoms with Crippen LogP contribution in [0.5, 0.6) is 0 Å². The SMILES string of the molecule is COCC1(CN(C(=O)O)c2ccc3nc(C4CCC(O)O4)sc3c2)CC1. The molecule has 1 saturated heterocycles. The van der Waals surface area contributed by atoms with Crippen molar-refractivity contribution >= 4 is 33.3 Å². The molecule has 2 N–H and O–H groups in total. The zero-order chi connectivity index (χ0) is 18.3. The van der Waals surface area contributed by atoms with Crippen LogP contribution in [-0.2, 0) is 9.47 Å². The maximum Gasteiger partial charge on any atom is 0.411 e. The number of hydrogen-bond acceptors (Lipinski definition) is 6. The number of anilines is 1. The number of methoxy groups -OCH3 is 1. The Kier molecular flexibility index (Phi) is 4.60. The van der Waals surface area contributed by atoms with E-state index in [1.54, 1.807) is 13.2 Å². The quantitative estimate of drug-likeness (QED) is 0.801. The first-order chi connectivity index (χ1) is 12.5. The fraction of sp³-hybridized carbons (Fsp3) is 0.556. The van der Waals surface area contributed by atoms with Crippen LogP contribution < -0.4 is 4.90 Å². The lowest BCUT2D eigenvalue weighted by Gasteiger charge is -2.24. The van der Waals surface area contributed by atoms with Crippen LogP contribution in [0.3, 0.4) is 0 Å². The fourth-order valence-electron chi connectivity index (χ4n) is 3.47. The molecule has 26 heavy (non-hydrogen) atoms. The van der Waals surface area contributed by atoms with E-state index >= 15 is 0 Å². The predicted octanol–water partition coefficient (Wildman–Crippen LogP) is 3.38. The van der Waals surface area contributed by atoms with E-state index in [4.69, 9.17) is 9.47 Å². The number of aromatic nitrogens is 1. The van der Waals surface area contributed by atoms with Gasteiger partial charge in [0.2, 0.25) is 0 Å². The molecule has 1 aliphatic heterocycles. The second-order valence-electron chi connectivity index (χ2n) is 7.16. The molecule has 1 amide bonds. The number of ether oxygens (including phenoxy) is 2. The van der Waals surface area contributed by atoms with Gasteiger partial charge in [-0.1, -0.05) is 0 Å². The molecule has 2 aromatic rings. The summed E-state index contributed by atoms with van der Waals surface area (Å²) in [6.45, 7) is 1.01. The van der Waals surface area contributed by atoms with Gasteiger partial charge in [0.25, 0.3) is 0 Å². The van der Waals surface area contributed by atoms with E-state index in [-0.39, 0.29) is 11.5 Å². The molecule has 0 bridgehead atoms. The average molecular weight is 378 g/mol. The van der Waals surface area contributed by atoms with Crippen LogP contribution in [0, 0.1) is 5.41 Å². The summed E-state index contributed by atoms with van der Waals surface area (Å²) in [6, 6.07) is 5.52. The Morgan fingerprint density at radius 1 is 1.46 bits per heavy atom. The molecule has 4 rings (SSSR count). The van der Waals surface area contributed by atoms with Gasteiger partial charge in [-0.05, 0) is 37.5 Å². The molecule has 2 unspecified atom stereocenters. The van der Waals surface area contributed by atoms with E-state index in [1.165, 1.54) is 16.2 Å². The highest BCUT2D eigenvalue weighted by molar-refractivity contribution is 7.18. The van der Waals surface area contributed by atoms with Crippen LogP contribution in [0.1, 0.15) is 36.8 Å². The second kappa shape index (κ2) is 6.77. The minimum Gasteiger partial charge on any atom is -0.465 e. The molecule has 2 aliphatic rings. The van der Waals surface area contributed by atoms with E-state index in [0.717, 1.165) is 34.5 Å². The van der Waals surface area contributed by atoms with Crippen LogP contribution >= 0.6 is 11.3 Å². The normalized spacial score (nSPS) is 24.1. The number of aliphatic hydroxyl groups excluding tert-OH is 1. The standard InChI is InChI=1S/C18H22N2O5S/c1-24-10-18(6-7-18)9-20(17(22)23)11-2-3-12-14(8-11)26-16(19-12)13-4-5-15(21)25-13/h2-3,8,13,15,21H,4-7,9-10H2,1H3,(H,22,23). The third-order valence-corrected chi connectivity index (χ3v) is 6.22. The smallest absolute Gasteiger partial charge is 0.411 e. The van der Waals surface area contributed by atoms with Gasteiger partial charge in [0.1, 0.15) is 11.1 Å². The van der Waals surface area contributed by atoms with Crippen molar-refractivity contribution in [3.05, 3.63) is 23.2 Å². The van der Waals surface area contributed by atoms with Crippen molar-refractivity contribution in [1.29, 1.82) is 0 Å². The number of aliphatic hydroxyl groups is 1. The van der Waals surface area contributed by atoms with Crippen molar-refractivity contribution in [2.75, 3.05) is 25.2 Å². The second-order valence-corrected chi connectivity index (χ2v) is 8.22. The summed E-state index contributed by atoms with van der Waals surface area (Å²) in [5.41, 5.74) is 1.41. The third-order valence-electron chi connectivity index (χ3n) is 5.10. The predicted molar refractivity (Wildman–Crippen MR) is 97.6 cm³/mol. The lowest BCUT2D eigenvalue weighted by atomic mass is 10.1. The van der Waals surface area contributed by atoms with Crippen LogP contribution in [0.2, 0.25) is 0 Å². The first-order valence-corrected chi connectivity index (χ1v) is 9.55. The Hall–Kier alpha value is -1.74. The molecule has 140 valence electrons. The lowest BCUT2D eigenvalue weighted by Crippen LogP contribution is -2.36. The zero-order valence-corrected chi connectivity index (χ0v) is 15.4. The molecule has 2 atom stereocenters. The monoisotopic (exact) mass is 378 g/mol. The van der Waals surface area contributed by atoms with Crippen molar-refractivity contribution in [3.8, 4) is 0 Å². The number of amides is 1. The number of hydrogen-bond donors (Lipinski definition) is 2. The molecule has 1 aliphatic carbocycles. The van der Waals surface area contributed by atoms with Gasteiger partial charge in [0, 0.05) is 31.2 Å². The number of nitrogens with zero attached hydrogens (tertiary/aromatic N) is 2. The van der Waals surface area contributed by atoms with Gasteiger partial charge in [-0.3, -0.25) is 4.90 Å². The molecule has 1 saturated carbocycles. The lowest BCUT2D eigenvalue weighted by molar-refractivity contribution is -0.0913.